The number of benzene rings is 1. The smallest absolute Gasteiger partial charge is 0.317 e. The quantitative estimate of drug-likeness (QED) is 0.936. The summed E-state index contributed by atoms with van der Waals surface area (Å²) in [5.41, 5.74) is 1.39. The fourth-order valence-corrected chi connectivity index (χ4v) is 3.65. The first-order chi connectivity index (χ1) is 9.72. The second-order valence-corrected chi connectivity index (χ2v) is 6.11. The van der Waals surface area contributed by atoms with Gasteiger partial charge in [-0.25, -0.2) is 0 Å². The summed E-state index contributed by atoms with van der Waals surface area (Å²) in [7, 11) is 0. The number of fused-ring (bicyclic) bond motifs is 1. The van der Waals surface area contributed by atoms with Crippen LogP contribution in [0, 0.1) is 0 Å². The maximum atomic E-state index is 10.7. The lowest BCUT2D eigenvalue weighted by molar-refractivity contribution is -0.138. The molecule has 0 spiro atoms. The molecule has 0 saturated carbocycles. The molecule has 1 fully saturated rings. The number of nitrogens with zero attached hydrogens (tertiary/aromatic N) is 2. The first kappa shape index (κ1) is 13.5. The molecule has 5 heteroatoms. The molecule has 2 heterocycles. The van der Waals surface area contributed by atoms with Crippen molar-refractivity contribution in [3.05, 3.63) is 35.2 Å². The van der Waals surface area contributed by atoms with E-state index < -0.39 is 5.97 Å². The van der Waals surface area contributed by atoms with Gasteiger partial charge in [-0.05, 0) is 22.4 Å². The third-order valence-corrected chi connectivity index (χ3v) is 4.79. The lowest BCUT2D eigenvalue weighted by atomic mass is 10.1. The molecule has 4 nitrogen and oxygen atoms in total. The largest absolute Gasteiger partial charge is 0.480 e. The van der Waals surface area contributed by atoms with E-state index in [1.807, 2.05) is 4.90 Å². The van der Waals surface area contributed by atoms with E-state index in [0.717, 1.165) is 32.7 Å². The Balaban J connectivity index is 1.61. The molecule has 0 aliphatic carbocycles. The molecule has 1 aliphatic rings. The van der Waals surface area contributed by atoms with Crippen molar-refractivity contribution in [1.29, 1.82) is 0 Å². The summed E-state index contributed by atoms with van der Waals surface area (Å²) < 4.78 is 1.34. The van der Waals surface area contributed by atoms with Crippen molar-refractivity contribution in [2.75, 3.05) is 32.7 Å². The van der Waals surface area contributed by atoms with Gasteiger partial charge in [0.05, 0.1) is 6.54 Å². The Morgan fingerprint density at radius 3 is 2.60 bits per heavy atom. The van der Waals surface area contributed by atoms with Gasteiger partial charge in [-0.15, -0.1) is 11.3 Å². The van der Waals surface area contributed by atoms with E-state index in [9.17, 15) is 4.79 Å². The molecule has 0 unspecified atom stereocenters. The van der Waals surface area contributed by atoms with Gasteiger partial charge in [-0.1, -0.05) is 18.2 Å². The predicted octanol–water partition coefficient (Wildman–Crippen LogP) is 2.10. The summed E-state index contributed by atoms with van der Waals surface area (Å²) in [6, 6.07) is 8.51. The maximum absolute atomic E-state index is 10.7. The standard InChI is InChI=1S/C15H18N2O2S/c18-15(19)10-17-7-5-16(6-8-17)9-12-11-20-14-4-2-1-3-13(12)14/h1-4,11H,5-10H2,(H,18,19). The molecule has 1 aliphatic heterocycles. The average molecular weight is 290 g/mol. The number of thiophene rings is 1. The van der Waals surface area contributed by atoms with Gasteiger partial charge in [0.1, 0.15) is 0 Å². The van der Waals surface area contributed by atoms with E-state index in [0.29, 0.717) is 0 Å². The van der Waals surface area contributed by atoms with Gasteiger partial charge in [-0.3, -0.25) is 14.6 Å². The lowest BCUT2D eigenvalue weighted by Gasteiger charge is -2.33. The molecule has 0 atom stereocenters. The molecule has 0 amide bonds. The summed E-state index contributed by atoms with van der Waals surface area (Å²) in [5.74, 6) is -0.734. The number of hydrogen-bond donors (Lipinski definition) is 1. The van der Waals surface area contributed by atoms with Crippen LogP contribution >= 0.6 is 11.3 Å². The van der Waals surface area contributed by atoms with Crippen molar-refractivity contribution in [3.63, 3.8) is 0 Å². The summed E-state index contributed by atoms with van der Waals surface area (Å²) in [5, 5.41) is 12.4. The zero-order valence-corrected chi connectivity index (χ0v) is 12.1. The highest BCUT2D eigenvalue weighted by atomic mass is 32.1. The SMILES string of the molecule is O=C(O)CN1CCN(Cc2csc3ccccc23)CC1. The van der Waals surface area contributed by atoms with Crippen LogP contribution in [0.3, 0.4) is 0 Å². The molecule has 1 aromatic heterocycles. The molecule has 0 radical (unpaired) electrons. The Bertz CT molecular complexity index is 603. The minimum absolute atomic E-state index is 0.162. The molecule has 1 aromatic carbocycles. The van der Waals surface area contributed by atoms with Crippen LogP contribution in [-0.4, -0.2) is 53.6 Å². The molecule has 1 saturated heterocycles. The second kappa shape index (κ2) is 5.91. The van der Waals surface area contributed by atoms with Crippen molar-refractivity contribution < 1.29 is 9.90 Å². The highest BCUT2D eigenvalue weighted by molar-refractivity contribution is 7.17. The van der Waals surface area contributed by atoms with Gasteiger partial charge >= 0.3 is 5.97 Å². The number of carbonyl (C=O) groups is 1. The topological polar surface area (TPSA) is 43.8 Å². The number of rotatable bonds is 4. The van der Waals surface area contributed by atoms with Gasteiger partial charge in [0.25, 0.3) is 0 Å². The minimum atomic E-state index is -0.734. The van der Waals surface area contributed by atoms with E-state index in [4.69, 9.17) is 5.11 Å². The third kappa shape index (κ3) is 3.00. The highest BCUT2D eigenvalue weighted by Gasteiger charge is 2.19. The zero-order chi connectivity index (χ0) is 13.9. The van der Waals surface area contributed by atoms with Crippen molar-refractivity contribution >= 4 is 27.4 Å². The van der Waals surface area contributed by atoms with Gasteiger partial charge in [0.15, 0.2) is 0 Å². The van der Waals surface area contributed by atoms with Crippen LogP contribution in [0.2, 0.25) is 0 Å². The van der Waals surface area contributed by atoms with Gasteiger partial charge in [0.2, 0.25) is 0 Å². The Morgan fingerprint density at radius 2 is 1.85 bits per heavy atom. The molecular formula is C15H18N2O2S. The van der Waals surface area contributed by atoms with Crippen LogP contribution in [0.5, 0.6) is 0 Å². The number of aliphatic carboxylic acids is 1. The Hall–Kier alpha value is -1.43. The van der Waals surface area contributed by atoms with Crippen molar-refractivity contribution in [1.82, 2.24) is 9.80 Å². The summed E-state index contributed by atoms with van der Waals surface area (Å²) in [6.07, 6.45) is 0. The fraction of sp³-hybridized carbons (Fsp3) is 0.400. The molecule has 0 bridgehead atoms. The average Bonchev–Trinajstić information content (AvgIpc) is 2.84. The number of carboxylic acid groups (broad SMARTS) is 1. The van der Waals surface area contributed by atoms with Crippen LogP contribution in [-0.2, 0) is 11.3 Å². The van der Waals surface area contributed by atoms with E-state index in [1.165, 1.54) is 15.6 Å². The molecule has 1 N–H and O–H groups in total. The summed E-state index contributed by atoms with van der Waals surface area (Å²) in [6.45, 7) is 4.69. The second-order valence-electron chi connectivity index (χ2n) is 5.20. The van der Waals surface area contributed by atoms with E-state index in [-0.39, 0.29) is 6.54 Å². The van der Waals surface area contributed by atoms with E-state index >= 15 is 0 Å². The number of hydrogen-bond acceptors (Lipinski definition) is 4. The molecule has 2 aromatic rings. The van der Waals surface area contributed by atoms with Crippen LogP contribution in [0.25, 0.3) is 10.1 Å². The van der Waals surface area contributed by atoms with E-state index in [2.05, 4.69) is 34.5 Å². The van der Waals surface area contributed by atoms with Gasteiger partial charge in [-0.2, -0.15) is 0 Å². The number of carboxylic acids is 1. The van der Waals surface area contributed by atoms with E-state index in [1.54, 1.807) is 11.3 Å². The predicted molar refractivity (Wildman–Crippen MR) is 81.2 cm³/mol. The van der Waals surface area contributed by atoms with Crippen molar-refractivity contribution in [2.45, 2.75) is 6.54 Å². The minimum Gasteiger partial charge on any atom is -0.480 e. The van der Waals surface area contributed by atoms with Gasteiger partial charge in [0, 0.05) is 37.4 Å². The number of piperazine rings is 1. The van der Waals surface area contributed by atoms with Crippen LogP contribution in [0.1, 0.15) is 5.56 Å². The lowest BCUT2D eigenvalue weighted by Crippen LogP contribution is -2.47. The van der Waals surface area contributed by atoms with Crippen molar-refractivity contribution in [3.8, 4) is 0 Å². The molecule has 3 rings (SSSR count). The third-order valence-electron chi connectivity index (χ3n) is 3.78. The van der Waals surface area contributed by atoms with Crippen LogP contribution in [0.4, 0.5) is 0 Å². The van der Waals surface area contributed by atoms with Crippen molar-refractivity contribution in [2.24, 2.45) is 0 Å². The zero-order valence-electron chi connectivity index (χ0n) is 11.3. The Labute approximate surface area is 122 Å². The van der Waals surface area contributed by atoms with Gasteiger partial charge < -0.3 is 5.11 Å². The normalized spacial score (nSPS) is 17.6. The molecule has 20 heavy (non-hydrogen) atoms. The van der Waals surface area contributed by atoms with Crippen LogP contribution < -0.4 is 0 Å². The maximum Gasteiger partial charge on any atom is 0.317 e. The fourth-order valence-electron chi connectivity index (χ4n) is 2.69. The monoisotopic (exact) mass is 290 g/mol. The highest BCUT2D eigenvalue weighted by Crippen LogP contribution is 2.26. The Kier molecular flexibility index (Phi) is 4.00. The first-order valence-electron chi connectivity index (χ1n) is 6.84. The summed E-state index contributed by atoms with van der Waals surface area (Å²) in [4.78, 5) is 15.1. The van der Waals surface area contributed by atoms with Crippen LogP contribution in [0.15, 0.2) is 29.6 Å². The molecular weight excluding hydrogens is 272 g/mol. The summed E-state index contributed by atoms with van der Waals surface area (Å²) >= 11 is 1.80. The first-order valence-corrected chi connectivity index (χ1v) is 7.72. The molecule has 106 valence electrons. The Morgan fingerprint density at radius 1 is 1.15 bits per heavy atom.